The molecule has 0 bridgehead atoms. The quantitative estimate of drug-likeness (QED) is 0.532. The van der Waals surface area contributed by atoms with Crippen molar-refractivity contribution < 1.29 is 19.1 Å². The Labute approximate surface area is 163 Å². The number of aromatic nitrogens is 1. The molecule has 0 unspecified atom stereocenters. The Morgan fingerprint density at radius 3 is 2.43 bits per heavy atom. The van der Waals surface area contributed by atoms with Gasteiger partial charge in [-0.05, 0) is 45.3 Å². The molecule has 1 aromatic carbocycles. The van der Waals surface area contributed by atoms with E-state index in [0.717, 1.165) is 13.0 Å². The molecule has 2 N–H and O–H groups in total. The van der Waals surface area contributed by atoms with Gasteiger partial charge in [0.25, 0.3) is 11.8 Å². The Morgan fingerprint density at radius 1 is 1.07 bits per heavy atom. The molecule has 0 aliphatic carbocycles. The molecule has 0 aliphatic rings. The third-order valence-corrected chi connectivity index (χ3v) is 3.91. The van der Waals surface area contributed by atoms with Gasteiger partial charge >= 0.3 is 5.97 Å². The van der Waals surface area contributed by atoms with Crippen LogP contribution in [0.25, 0.3) is 0 Å². The van der Waals surface area contributed by atoms with Crippen molar-refractivity contribution in [2.45, 2.75) is 6.42 Å². The highest BCUT2D eigenvalue weighted by atomic mass is 16.5. The number of hydrogen-bond donors (Lipinski definition) is 2. The van der Waals surface area contributed by atoms with E-state index >= 15 is 0 Å². The van der Waals surface area contributed by atoms with Crippen molar-refractivity contribution in [1.82, 2.24) is 15.2 Å². The van der Waals surface area contributed by atoms with Crippen molar-refractivity contribution in [2.75, 3.05) is 39.6 Å². The van der Waals surface area contributed by atoms with Crippen LogP contribution in [0.3, 0.4) is 0 Å². The van der Waals surface area contributed by atoms with E-state index in [-0.39, 0.29) is 17.0 Å². The fraction of sp³-hybridized carbons (Fsp3) is 0.300. The monoisotopic (exact) mass is 384 g/mol. The SMILES string of the molecule is COC(=O)c1ccccc1NC(=O)c1cncc(C(=O)NCCCN(C)C)c1. The zero-order valence-corrected chi connectivity index (χ0v) is 16.2. The van der Waals surface area contributed by atoms with Crippen molar-refractivity contribution in [3.63, 3.8) is 0 Å². The third-order valence-electron chi connectivity index (χ3n) is 3.91. The summed E-state index contributed by atoms with van der Waals surface area (Å²) in [4.78, 5) is 42.6. The lowest BCUT2D eigenvalue weighted by Gasteiger charge is -2.11. The van der Waals surface area contributed by atoms with Crippen LogP contribution in [-0.4, -0.2) is 62.0 Å². The van der Waals surface area contributed by atoms with Crippen LogP contribution in [0.1, 0.15) is 37.5 Å². The lowest BCUT2D eigenvalue weighted by molar-refractivity contribution is 0.0601. The summed E-state index contributed by atoms with van der Waals surface area (Å²) in [6, 6.07) is 7.98. The summed E-state index contributed by atoms with van der Waals surface area (Å²) in [5.74, 6) is -1.33. The predicted octanol–water partition coefficient (Wildman–Crippen LogP) is 1.80. The van der Waals surface area contributed by atoms with E-state index in [1.54, 1.807) is 24.3 Å². The number of esters is 1. The second kappa shape index (κ2) is 10.2. The van der Waals surface area contributed by atoms with Gasteiger partial charge in [-0.2, -0.15) is 0 Å². The standard InChI is InChI=1S/C20H24N4O4/c1-24(2)10-6-9-22-18(25)14-11-15(13-21-12-14)19(26)23-17-8-5-4-7-16(17)20(27)28-3/h4-5,7-8,11-13H,6,9-10H2,1-3H3,(H,22,25)(H,23,26). The van der Waals surface area contributed by atoms with Gasteiger partial charge in [-0.25, -0.2) is 4.79 Å². The van der Waals surface area contributed by atoms with Crippen molar-refractivity contribution in [1.29, 1.82) is 0 Å². The summed E-state index contributed by atoms with van der Waals surface area (Å²) >= 11 is 0. The van der Waals surface area contributed by atoms with Gasteiger partial charge in [0.15, 0.2) is 0 Å². The van der Waals surface area contributed by atoms with Crippen LogP contribution >= 0.6 is 0 Å². The number of rotatable bonds is 8. The fourth-order valence-corrected chi connectivity index (χ4v) is 2.46. The van der Waals surface area contributed by atoms with Gasteiger partial charge in [-0.1, -0.05) is 12.1 Å². The van der Waals surface area contributed by atoms with Crippen LogP contribution in [0, 0.1) is 0 Å². The molecule has 0 saturated heterocycles. The molecule has 0 aliphatic heterocycles. The Kier molecular flexibility index (Phi) is 7.65. The van der Waals surface area contributed by atoms with Gasteiger partial charge in [-0.15, -0.1) is 0 Å². The highest BCUT2D eigenvalue weighted by molar-refractivity contribution is 6.08. The Balaban J connectivity index is 2.06. The largest absolute Gasteiger partial charge is 0.465 e. The first-order valence-corrected chi connectivity index (χ1v) is 8.79. The van der Waals surface area contributed by atoms with Crippen LogP contribution in [0.5, 0.6) is 0 Å². The highest BCUT2D eigenvalue weighted by Gasteiger charge is 2.16. The van der Waals surface area contributed by atoms with Crippen molar-refractivity contribution in [3.8, 4) is 0 Å². The fourth-order valence-electron chi connectivity index (χ4n) is 2.46. The molecule has 8 heteroatoms. The minimum absolute atomic E-state index is 0.209. The van der Waals surface area contributed by atoms with E-state index < -0.39 is 11.9 Å². The number of para-hydroxylation sites is 1. The van der Waals surface area contributed by atoms with Gasteiger partial charge < -0.3 is 20.3 Å². The van der Waals surface area contributed by atoms with E-state index in [4.69, 9.17) is 4.74 Å². The Morgan fingerprint density at radius 2 is 1.75 bits per heavy atom. The number of benzene rings is 1. The number of carbonyl (C=O) groups excluding carboxylic acids is 3. The van der Waals surface area contributed by atoms with Crippen LogP contribution in [0.15, 0.2) is 42.7 Å². The molecule has 2 aromatic rings. The molecule has 1 heterocycles. The summed E-state index contributed by atoms with van der Waals surface area (Å²) in [7, 11) is 5.20. The lowest BCUT2D eigenvalue weighted by Crippen LogP contribution is -2.27. The first-order chi connectivity index (χ1) is 13.4. The third kappa shape index (κ3) is 5.88. The molecule has 0 saturated carbocycles. The number of anilines is 1. The first-order valence-electron chi connectivity index (χ1n) is 8.79. The number of carbonyl (C=O) groups is 3. The van der Waals surface area contributed by atoms with Gasteiger partial charge in [0.2, 0.25) is 0 Å². The molecule has 0 radical (unpaired) electrons. The highest BCUT2D eigenvalue weighted by Crippen LogP contribution is 2.17. The summed E-state index contributed by atoms with van der Waals surface area (Å²) < 4.78 is 4.72. The minimum atomic E-state index is -0.556. The molecule has 0 atom stereocenters. The molecule has 2 rings (SSSR count). The summed E-state index contributed by atoms with van der Waals surface area (Å²) in [6.45, 7) is 1.39. The molecule has 28 heavy (non-hydrogen) atoms. The zero-order chi connectivity index (χ0) is 20.5. The van der Waals surface area contributed by atoms with E-state index in [1.807, 2.05) is 19.0 Å². The maximum Gasteiger partial charge on any atom is 0.339 e. The molecule has 2 amide bonds. The van der Waals surface area contributed by atoms with Crippen LogP contribution in [0.4, 0.5) is 5.69 Å². The van der Waals surface area contributed by atoms with Crippen LogP contribution in [0.2, 0.25) is 0 Å². The second-order valence-corrected chi connectivity index (χ2v) is 6.37. The summed E-state index contributed by atoms with van der Waals surface area (Å²) in [6.07, 6.45) is 3.58. The maximum absolute atomic E-state index is 12.5. The van der Waals surface area contributed by atoms with Gasteiger partial charge in [0.1, 0.15) is 0 Å². The van der Waals surface area contributed by atoms with Crippen molar-refractivity contribution in [2.24, 2.45) is 0 Å². The smallest absolute Gasteiger partial charge is 0.339 e. The summed E-state index contributed by atoms with van der Waals surface area (Å²) in [5.41, 5.74) is 1.05. The van der Waals surface area contributed by atoms with E-state index in [2.05, 4.69) is 15.6 Å². The second-order valence-electron chi connectivity index (χ2n) is 6.37. The van der Waals surface area contributed by atoms with Gasteiger partial charge in [-0.3, -0.25) is 14.6 Å². The number of amides is 2. The average molecular weight is 384 g/mol. The number of ether oxygens (including phenoxy) is 1. The number of nitrogens with zero attached hydrogens (tertiary/aromatic N) is 2. The summed E-state index contributed by atoms with van der Waals surface area (Å²) in [5, 5.41) is 5.46. The van der Waals surface area contributed by atoms with E-state index in [9.17, 15) is 14.4 Å². The molecule has 0 spiro atoms. The molecule has 0 fully saturated rings. The normalized spacial score (nSPS) is 10.4. The van der Waals surface area contributed by atoms with E-state index in [1.165, 1.54) is 25.6 Å². The molecule has 148 valence electrons. The van der Waals surface area contributed by atoms with Crippen molar-refractivity contribution >= 4 is 23.5 Å². The topological polar surface area (TPSA) is 101 Å². The molecule has 1 aromatic heterocycles. The zero-order valence-electron chi connectivity index (χ0n) is 16.2. The Hall–Kier alpha value is -3.26. The molecular formula is C20H24N4O4. The predicted molar refractivity (Wildman–Crippen MR) is 105 cm³/mol. The number of pyridine rings is 1. The number of methoxy groups -OCH3 is 1. The molecule has 8 nitrogen and oxygen atoms in total. The Bertz CT molecular complexity index is 852. The van der Waals surface area contributed by atoms with Gasteiger partial charge in [0, 0.05) is 18.9 Å². The van der Waals surface area contributed by atoms with Crippen LogP contribution < -0.4 is 10.6 Å². The van der Waals surface area contributed by atoms with Crippen LogP contribution in [-0.2, 0) is 4.74 Å². The number of hydrogen-bond acceptors (Lipinski definition) is 6. The first kappa shape index (κ1) is 21.0. The minimum Gasteiger partial charge on any atom is -0.465 e. The molecular weight excluding hydrogens is 360 g/mol. The average Bonchev–Trinajstić information content (AvgIpc) is 2.70. The number of nitrogens with one attached hydrogen (secondary N) is 2. The van der Waals surface area contributed by atoms with Gasteiger partial charge in [0.05, 0.1) is 29.5 Å². The van der Waals surface area contributed by atoms with Crippen molar-refractivity contribution in [3.05, 3.63) is 59.4 Å². The maximum atomic E-state index is 12.5. The van der Waals surface area contributed by atoms with E-state index in [0.29, 0.717) is 17.8 Å². The lowest BCUT2D eigenvalue weighted by atomic mass is 10.1.